The van der Waals surface area contributed by atoms with Gasteiger partial charge >= 0.3 is 0 Å². The van der Waals surface area contributed by atoms with E-state index in [0.29, 0.717) is 23.0 Å². The van der Waals surface area contributed by atoms with Crippen molar-refractivity contribution in [2.75, 3.05) is 13.7 Å². The molecule has 3 rings (SSSR count). The summed E-state index contributed by atoms with van der Waals surface area (Å²) in [6, 6.07) is 5.31. The predicted octanol–water partition coefficient (Wildman–Crippen LogP) is 3.54. The largest absolute Gasteiger partial charge is 0.493 e. The fourth-order valence-electron chi connectivity index (χ4n) is 5.10. The smallest absolute Gasteiger partial charge is 0.258 e. The molecular weight excluding hydrogens is 368 g/mol. The maximum absolute atomic E-state index is 12.9. The molecule has 160 valence electrons. The molecular formula is C23H34N2O4. The van der Waals surface area contributed by atoms with Gasteiger partial charge in [0.05, 0.1) is 7.11 Å². The fourth-order valence-corrected chi connectivity index (χ4v) is 5.10. The molecule has 1 aromatic rings. The average Bonchev–Trinajstić information content (AvgIpc) is 2.99. The zero-order valence-corrected chi connectivity index (χ0v) is 18.4. The number of carbonyl (C=O) groups is 2. The number of fused-ring (bicyclic) bond motifs is 2. The number of nitrogens with one attached hydrogen (secondary N) is 2. The van der Waals surface area contributed by atoms with Gasteiger partial charge in [0.2, 0.25) is 0 Å². The molecule has 3 unspecified atom stereocenters. The molecule has 6 heteroatoms. The van der Waals surface area contributed by atoms with Crippen molar-refractivity contribution in [3.05, 3.63) is 23.8 Å². The normalized spacial score (nSPS) is 27.0. The lowest BCUT2D eigenvalue weighted by Crippen LogP contribution is -2.46. The molecule has 0 aromatic heterocycles. The fraction of sp³-hybridized carbons (Fsp3) is 0.652. The lowest BCUT2D eigenvalue weighted by atomic mass is 9.69. The summed E-state index contributed by atoms with van der Waals surface area (Å²) in [7, 11) is 1.53. The van der Waals surface area contributed by atoms with Crippen LogP contribution in [0.4, 0.5) is 0 Å². The van der Waals surface area contributed by atoms with Crippen molar-refractivity contribution >= 4 is 11.8 Å². The molecule has 2 aliphatic rings. The minimum Gasteiger partial charge on any atom is -0.493 e. The molecule has 29 heavy (non-hydrogen) atoms. The second-order valence-corrected chi connectivity index (χ2v) is 9.51. The van der Waals surface area contributed by atoms with Crippen molar-refractivity contribution in [2.24, 2.45) is 16.7 Å². The zero-order chi connectivity index (χ0) is 21.4. The molecule has 6 nitrogen and oxygen atoms in total. The standard InChI is InChI=1S/C23H34N2O4/c1-14(2)24-20(26)13-29-17-8-7-15(11-18(17)28-6)21(27)25-19-12-16-9-10-23(19,5)22(16,3)4/h7-8,11,14,16,19H,9-10,12-13H2,1-6H3,(H,24,26)(H,25,27). The topological polar surface area (TPSA) is 76.7 Å². The van der Waals surface area contributed by atoms with Crippen LogP contribution < -0.4 is 20.1 Å². The Kier molecular flexibility index (Phi) is 5.84. The highest BCUT2D eigenvalue weighted by Crippen LogP contribution is 2.65. The molecule has 0 aliphatic heterocycles. The number of ether oxygens (including phenoxy) is 2. The third-order valence-electron chi connectivity index (χ3n) is 7.33. The molecule has 2 aliphatic carbocycles. The Morgan fingerprint density at radius 2 is 1.93 bits per heavy atom. The molecule has 3 atom stereocenters. The SMILES string of the molecule is COc1cc(C(=O)NC2CC3CCC2(C)C3(C)C)ccc1OCC(=O)NC(C)C. The van der Waals surface area contributed by atoms with Crippen molar-refractivity contribution in [1.82, 2.24) is 10.6 Å². The van der Waals surface area contributed by atoms with Crippen molar-refractivity contribution < 1.29 is 19.1 Å². The van der Waals surface area contributed by atoms with Crippen LogP contribution in [0.1, 0.15) is 64.2 Å². The average molecular weight is 403 g/mol. The second kappa shape index (κ2) is 7.88. The van der Waals surface area contributed by atoms with Crippen LogP contribution in [0, 0.1) is 16.7 Å². The van der Waals surface area contributed by atoms with Gasteiger partial charge in [-0.3, -0.25) is 9.59 Å². The van der Waals surface area contributed by atoms with Gasteiger partial charge in [0.15, 0.2) is 18.1 Å². The van der Waals surface area contributed by atoms with Gasteiger partial charge in [-0.2, -0.15) is 0 Å². The minimum absolute atomic E-state index is 0.0526. The first-order valence-electron chi connectivity index (χ1n) is 10.5. The summed E-state index contributed by atoms with van der Waals surface area (Å²) in [6.45, 7) is 10.7. The van der Waals surface area contributed by atoms with Crippen LogP contribution in [0.2, 0.25) is 0 Å². The number of amides is 2. The summed E-state index contributed by atoms with van der Waals surface area (Å²) in [5, 5.41) is 6.04. The highest BCUT2D eigenvalue weighted by atomic mass is 16.5. The van der Waals surface area contributed by atoms with E-state index in [1.165, 1.54) is 13.5 Å². The van der Waals surface area contributed by atoms with Crippen LogP contribution in [0.15, 0.2) is 18.2 Å². The summed E-state index contributed by atoms with van der Waals surface area (Å²) < 4.78 is 11.0. The van der Waals surface area contributed by atoms with Gasteiger partial charge < -0.3 is 20.1 Å². The highest BCUT2D eigenvalue weighted by Gasteiger charge is 2.61. The Hall–Kier alpha value is -2.24. The molecule has 2 bridgehead atoms. The van der Waals surface area contributed by atoms with E-state index >= 15 is 0 Å². The summed E-state index contributed by atoms with van der Waals surface area (Å²) >= 11 is 0. The van der Waals surface area contributed by atoms with Crippen LogP contribution in [-0.4, -0.2) is 37.6 Å². The molecule has 2 fully saturated rings. The monoisotopic (exact) mass is 402 g/mol. The van der Waals surface area contributed by atoms with Crippen LogP contribution in [-0.2, 0) is 4.79 Å². The van der Waals surface area contributed by atoms with Gasteiger partial charge in [-0.15, -0.1) is 0 Å². The molecule has 0 radical (unpaired) electrons. The van der Waals surface area contributed by atoms with E-state index in [9.17, 15) is 9.59 Å². The molecule has 0 heterocycles. The first-order chi connectivity index (χ1) is 13.6. The van der Waals surface area contributed by atoms with Crippen LogP contribution >= 0.6 is 0 Å². The summed E-state index contributed by atoms with van der Waals surface area (Å²) in [6.07, 6.45) is 3.45. The van der Waals surface area contributed by atoms with E-state index in [-0.39, 0.29) is 41.3 Å². The van der Waals surface area contributed by atoms with E-state index in [2.05, 4.69) is 31.4 Å². The van der Waals surface area contributed by atoms with E-state index in [0.717, 1.165) is 12.8 Å². The van der Waals surface area contributed by atoms with Gasteiger partial charge in [0.1, 0.15) is 0 Å². The predicted molar refractivity (Wildman–Crippen MR) is 112 cm³/mol. The van der Waals surface area contributed by atoms with Gasteiger partial charge in [-0.1, -0.05) is 20.8 Å². The molecule has 0 saturated heterocycles. The van der Waals surface area contributed by atoms with E-state index in [4.69, 9.17) is 9.47 Å². The number of benzene rings is 1. The number of hydrogen-bond donors (Lipinski definition) is 2. The van der Waals surface area contributed by atoms with Gasteiger partial charge in [-0.05, 0) is 68.1 Å². The first kappa shape index (κ1) is 21.5. The summed E-state index contributed by atoms with van der Waals surface area (Å²) in [5.41, 5.74) is 0.909. The van der Waals surface area contributed by atoms with Crippen LogP contribution in [0.3, 0.4) is 0 Å². The van der Waals surface area contributed by atoms with Crippen molar-refractivity contribution in [3.63, 3.8) is 0 Å². The number of methoxy groups -OCH3 is 1. The molecule has 0 spiro atoms. The Balaban J connectivity index is 1.67. The quantitative estimate of drug-likeness (QED) is 0.731. The van der Waals surface area contributed by atoms with E-state index in [1.54, 1.807) is 18.2 Å². The van der Waals surface area contributed by atoms with Gasteiger partial charge in [0, 0.05) is 17.6 Å². The minimum atomic E-state index is -0.198. The Morgan fingerprint density at radius 1 is 1.21 bits per heavy atom. The Bertz CT molecular complexity index is 789. The summed E-state index contributed by atoms with van der Waals surface area (Å²) in [5.74, 6) is 1.25. The van der Waals surface area contributed by atoms with Crippen molar-refractivity contribution in [3.8, 4) is 11.5 Å². The lowest BCUT2D eigenvalue weighted by Gasteiger charge is -2.39. The third kappa shape index (κ3) is 3.94. The maximum atomic E-state index is 12.9. The van der Waals surface area contributed by atoms with Crippen molar-refractivity contribution in [2.45, 2.75) is 66.0 Å². The molecule has 2 N–H and O–H groups in total. The lowest BCUT2D eigenvalue weighted by molar-refractivity contribution is -0.123. The number of rotatable bonds is 7. The zero-order valence-electron chi connectivity index (χ0n) is 18.4. The third-order valence-corrected chi connectivity index (χ3v) is 7.33. The Labute approximate surface area is 173 Å². The summed E-state index contributed by atoms with van der Waals surface area (Å²) in [4.78, 5) is 24.7. The maximum Gasteiger partial charge on any atom is 0.258 e. The van der Waals surface area contributed by atoms with E-state index in [1.807, 2.05) is 13.8 Å². The molecule has 2 saturated carbocycles. The van der Waals surface area contributed by atoms with Crippen LogP contribution in [0.5, 0.6) is 11.5 Å². The molecule has 2 amide bonds. The first-order valence-corrected chi connectivity index (χ1v) is 10.5. The van der Waals surface area contributed by atoms with Gasteiger partial charge in [-0.25, -0.2) is 0 Å². The second-order valence-electron chi connectivity index (χ2n) is 9.51. The van der Waals surface area contributed by atoms with Gasteiger partial charge in [0.25, 0.3) is 11.8 Å². The highest BCUT2D eigenvalue weighted by molar-refractivity contribution is 5.95. The number of hydrogen-bond acceptors (Lipinski definition) is 4. The molecule has 1 aromatic carbocycles. The van der Waals surface area contributed by atoms with Crippen molar-refractivity contribution in [1.29, 1.82) is 0 Å². The number of carbonyl (C=O) groups excluding carboxylic acids is 2. The van der Waals surface area contributed by atoms with Crippen LogP contribution in [0.25, 0.3) is 0 Å². The Morgan fingerprint density at radius 3 is 2.48 bits per heavy atom. The van der Waals surface area contributed by atoms with E-state index < -0.39 is 0 Å².